The second-order valence-corrected chi connectivity index (χ2v) is 5.67. The summed E-state index contributed by atoms with van der Waals surface area (Å²) in [4.78, 5) is 13.7. The molecule has 2 aliphatic heterocycles. The minimum Gasteiger partial charge on any atom is -0.445 e. The number of halogens is 1. The zero-order chi connectivity index (χ0) is 14.0. The lowest BCUT2D eigenvalue weighted by atomic mass is 9.96. The second-order valence-electron chi connectivity index (χ2n) is 5.67. The Morgan fingerprint density at radius 3 is 2.95 bits per heavy atom. The third kappa shape index (κ3) is 2.77. The maximum Gasteiger partial charge on any atom is 0.410 e. The molecule has 0 aliphatic carbocycles. The largest absolute Gasteiger partial charge is 0.445 e. The Kier molecular flexibility index (Phi) is 3.61. The van der Waals surface area contributed by atoms with Gasteiger partial charge in [-0.2, -0.15) is 0 Å². The number of carbonyl (C=O) groups is 1. The molecule has 3 rings (SSSR count). The molecule has 20 heavy (non-hydrogen) atoms. The topological polar surface area (TPSA) is 41.6 Å². The van der Waals surface area contributed by atoms with E-state index in [-0.39, 0.29) is 18.2 Å². The van der Waals surface area contributed by atoms with Crippen LogP contribution in [0, 0.1) is 0 Å². The van der Waals surface area contributed by atoms with Crippen LogP contribution in [0.4, 0.5) is 9.18 Å². The summed E-state index contributed by atoms with van der Waals surface area (Å²) in [6.07, 6.45) is 0.189. The standard InChI is InChI=1S/C15H19FN2O2/c16-13-8-15(17-9-13)6-7-18(11-15)14(19)20-10-12-4-2-1-3-5-12/h1-5,13,17H,6-11H2. The molecule has 108 valence electrons. The quantitative estimate of drug-likeness (QED) is 0.900. The van der Waals surface area contributed by atoms with E-state index < -0.39 is 6.17 Å². The molecule has 2 saturated heterocycles. The summed E-state index contributed by atoms with van der Waals surface area (Å²) in [5.74, 6) is 0. The number of nitrogens with one attached hydrogen (secondary N) is 1. The Bertz CT molecular complexity index is 482. The van der Waals surface area contributed by atoms with Crippen molar-refractivity contribution in [2.75, 3.05) is 19.6 Å². The predicted molar refractivity (Wildman–Crippen MR) is 73.1 cm³/mol. The number of alkyl halides is 1. The molecule has 1 N–H and O–H groups in total. The molecule has 0 saturated carbocycles. The average molecular weight is 278 g/mol. The Morgan fingerprint density at radius 1 is 1.45 bits per heavy atom. The number of ether oxygens (including phenoxy) is 1. The molecule has 0 aromatic heterocycles. The van der Waals surface area contributed by atoms with Crippen molar-refractivity contribution in [3.05, 3.63) is 35.9 Å². The SMILES string of the molecule is O=C(OCc1ccccc1)N1CCC2(CC(F)CN2)C1. The van der Waals surface area contributed by atoms with Gasteiger partial charge in [0.2, 0.25) is 0 Å². The van der Waals surface area contributed by atoms with Gasteiger partial charge in [0.05, 0.1) is 0 Å². The molecule has 5 heteroatoms. The lowest BCUT2D eigenvalue weighted by molar-refractivity contribution is 0.102. The van der Waals surface area contributed by atoms with Crippen molar-refractivity contribution in [3.8, 4) is 0 Å². The van der Waals surface area contributed by atoms with Crippen LogP contribution in [0.1, 0.15) is 18.4 Å². The molecular formula is C15H19FN2O2. The molecule has 4 nitrogen and oxygen atoms in total. The summed E-state index contributed by atoms with van der Waals surface area (Å²) in [5.41, 5.74) is 0.739. The fourth-order valence-corrected chi connectivity index (χ4v) is 3.05. The lowest BCUT2D eigenvalue weighted by Gasteiger charge is -2.23. The monoisotopic (exact) mass is 278 g/mol. The van der Waals surface area contributed by atoms with Crippen molar-refractivity contribution in [2.24, 2.45) is 0 Å². The molecule has 1 amide bonds. The molecule has 1 aromatic carbocycles. The van der Waals surface area contributed by atoms with Gasteiger partial charge in [-0.15, -0.1) is 0 Å². The fourth-order valence-electron chi connectivity index (χ4n) is 3.05. The predicted octanol–water partition coefficient (Wildman–Crippen LogP) is 2.10. The van der Waals surface area contributed by atoms with Crippen LogP contribution in [0.15, 0.2) is 30.3 Å². The highest BCUT2D eigenvalue weighted by atomic mass is 19.1. The summed E-state index contributed by atoms with van der Waals surface area (Å²) >= 11 is 0. The first-order valence-corrected chi connectivity index (χ1v) is 7.02. The molecule has 1 aromatic rings. The number of carbonyl (C=O) groups excluding carboxylic acids is 1. The van der Waals surface area contributed by atoms with Gasteiger partial charge >= 0.3 is 6.09 Å². The number of rotatable bonds is 2. The normalized spacial score (nSPS) is 29.1. The van der Waals surface area contributed by atoms with Gasteiger partial charge < -0.3 is 15.0 Å². The number of likely N-dealkylation sites (tertiary alicyclic amines) is 1. The van der Waals surface area contributed by atoms with Crippen molar-refractivity contribution in [3.63, 3.8) is 0 Å². The highest BCUT2D eigenvalue weighted by Crippen LogP contribution is 2.31. The molecule has 2 heterocycles. The maximum absolute atomic E-state index is 13.3. The van der Waals surface area contributed by atoms with Gasteiger partial charge in [0.15, 0.2) is 0 Å². The van der Waals surface area contributed by atoms with Crippen LogP contribution in [0.5, 0.6) is 0 Å². The Morgan fingerprint density at radius 2 is 2.25 bits per heavy atom. The van der Waals surface area contributed by atoms with Crippen LogP contribution < -0.4 is 5.32 Å². The number of nitrogens with zero attached hydrogens (tertiary/aromatic N) is 1. The summed E-state index contributed by atoms with van der Waals surface area (Å²) in [7, 11) is 0. The van der Waals surface area contributed by atoms with E-state index in [1.54, 1.807) is 4.90 Å². The van der Waals surface area contributed by atoms with Crippen molar-refractivity contribution in [1.29, 1.82) is 0 Å². The number of hydrogen-bond acceptors (Lipinski definition) is 3. The van der Waals surface area contributed by atoms with Crippen molar-refractivity contribution >= 4 is 6.09 Å². The van der Waals surface area contributed by atoms with Crippen LogP contribution >= 0.6 is 0 Å². The third-order valence-electron chi connectivity index (χ3n) is 4.13. The first-order chi connectivity index (χ1) is 9.67. The first kappa shape index (κ1) is 13.4. The van der Waals surface area contributed by atoms with Crippen LogP contribution in [0.25, 0.3) is 0 Å². The summed E-state index contributed by atoms with van der Waals surface area (Å²) in [6, 6.07) is 9.60. The molecule has 0 radical (unpaired) electrons. The molecule has 2 atom stereocenters. The van der Waals surface area contributed by atoms with Gasteiger partial charge in [-0.05, 0) is 18.4 Å². The summed E-state index contributed by atoms with van der Waals surface area (Å²) in [5, 5.41) is 3.22. The third-order valence-corrected chi connectivity index (χ3v) is 4.13. The van der Waals surface area contributed by atoms with E-state index in [1.807, 2.05) is 30.3 Å². The van der Waals surface area contributed by atoms with Crippen LogP contribution in [0.3, 0.4) is 0 Å². The van der Waals surface area contributed by atoms with Crippen LogP contribution in [-0.4, -0.2) is 42.3 Å². The fraction of sp³-hybridized carbons (Fsp3) is 0.533. The van der Waals surface area contributed by atoms with Crippen LogP contribution in [-0.2, 0) is 11.3 Å². The van der Waals surface area contributed by atoms with Crippen LogP contribution in [0.2, 0.25) is 0 Å². The molecule has 1 spiro atoms. The second kappa shape index (κ2) is 5.40. The zero-order valence-corrected chi connectivity index (χ0v) is 11.3. The van der Waals surface area contributed by atoms with E-state index in [9.17, 15) is 9.18 Å². The van der Waals surface area contributed by atoms with Crippen molar-refractivity contribution in [2.45, 2.75) is 31.2 Å². The van der Waals surface area contributed by atoms with Gasteiger partial charge in [0.1, 0.15) is 12.8 Å². The highest BCUT2D eigenvalue weighted by molar-refractivity contribution is 5.68. The number of hydrogen-bond donors (Lipinski definition) is 1. The van der Waals surface area contributed by atoms with Gasteiger partial charge in [-0.25, -0.2) is 9.18 Å². The van der Waals surface area contributed by atoms with Gasteiger partial charge in [-0.3, -0.25) is 0 Å². The minimum absolute atomic E-state index is 0.231. The van der Waals surface area contributed by atoms with E-state index in [1.165, 1.54) is 0 Å². The molecule has 2 unspecified atom stereocenters. The van der Waals surface area contributed by atoms with E-state index in [0.717, 1.165) is 12.0 Å². The van der Waals surface area contributed by atoms with Gasteiger partial charge in [0, 0.05) is 25.2 Å². The van der Waals surface area contributed by atoms with E-state index in [0.29, 0.717) is 26.1 Å². The average Bonchev–Trinajstić information content (AvgIpc) is 3.04. The molecule has 2 aliphatic rings. The van der Waals surface area contributed by atoms with E-state index in [4.69, 9.17) is 4.74 Å². The Balaban J connectivity index is 1.52. The molecule has 0 bridgehead atoms. The van der Waals surface area contributed by atoms with E-state index in [2.05, 4.69) is 5.32 Å². The van der Waals surface area contributed by atoms with Crippen molar-refractivity contribution < 1.29 is 13.9 Å². The maximum atomic E-state index is 13.3. The lowest BCUT2D eigenvalue weighted by Crippen LogP contribution is -2.43. The first-order valence-electron chi connectivity index (χ1n) is 7.02. The minimum atomic E-state index is -0.796. The highest BCUT2D eigenvalue weighted by Gasteiger charge is 2.45. The van der Waals surface area contributed by atoms with Gasteiger partial charge in [-0.1, -0.05) is 30.3 Å². The summed E-state index contributed by atoms with van der Waals surface area (Å²) < 4.78 is 18.6. The zero-order valence-electron chi connectivity index (χ0n) is 11.3. The number of amides is 1. The molecular weight excluding hydrogens is 259 g/mol. The Labute approximate surface area is 117 Å². The van der Waals surface area contributed by atoms with Gasteiger partial charge in [0.25, 0.3) is 0 Å². The number of benzene rings is 1. The molecule has 2 fully saturated rings. The van der Waals surface area contributed by atoms with E-state index >= 15 is 0 Å². The summed E-state index contributed by atoms with van der Waals surface area (Å²) in [6.45, 7) is 1.85. The smallest absolute Gasteiger partial charge is 0.410 e. The van der Waals surface area contributed by atoms with Crippen molar-refractivity contribution in [1.82, 2.24) is 10.2 Å². The Hall–Kier alpha value is -1.62.